The highest BCUT2D eigenvalue weighted by Crippen LogP contribution is 2.24. The van der Waals surface area contributed by atoms with E-state index in [1.165, 1.54) is 24.2 Å². The van der Waals surface area contributed by atoms with Crippen molar-refractivity contribution in [2.24, 2.45) is 0 Å². The lowest BCUT2D eigenvalue weighted by atomic mass is 9.98. The Morgan fingerprint density at radius 1 is 1.11 bits per heavy atom. The number of benzene rings is 1. The summed E-state index contributed by atoms with van der Waals surface area (Å²) in [5.74, 6) is -0.575. The topological polar surface area (TPSA) is 75.7 Å². The predicted octanol–water partition coefficient (Wildman–Crippen LogP) is 3.23. The Kier molecular flexibility index (Phi) is 7.20. The number of carbonyl (C=O) groups excluding carboxylic acids is 3. The molecule has 3 amide bonds. The number of hydrogen-bond acceptors (Lipinski definition) is 4. The number of rotatable bonds is 9. The molecule has 6 nitrogen and oxygen atoms in total. The highest BCUT2D eigenvalue weighted by Gasteiger charge is 2.34. The second-order valence-corrected chi connectivity index (χ2v) is 7.75. The molecule has 0 radical (unpaired) electrons. The Bertz CT molecular complexity index is 725. The maximum absolute atomic E-state index is 12.4. The summed E-state index contributed by atoms with van der Waals surface area (Å²) in [4.78, 5) is 38.0. The molecule has 0 atom stereocenters. The minimum atomic E-state index is -0.264. The molecule has 1 saturated carbocycles. The summed E-state index contributed by atoms with van der Waals surface area (Å²) >= 11 is 0. The summed E-state index contributed by atoms with van der Waals surface area (Å²) in [6.07, 6.45) is 8.12. The molecule has 28 heavy (non-hydrogen) atoms. The van der Waals surface area contributed by atoms with Gasteiger partial charge in [0, 0.05) is 26.1 Å². The van der Waals surface area contributed by atoms with E-state index in [9.17, 15) is 14.4 Å². The van der Waals surface area contributed by atoms with Gasteiger partial charge in [-0.3, -0.25) is 19.3 Å². The van der Waals surface area contributed by atoms with Crippen LogP contribution in [0.2, 0.25) is 0 Å². The monoisotopic (exact) mass is 386 g/mol. The molecule has 2 aliphatic rings. The lowest BCUT2D eigenvalue weighted by Crippen LogP contribution is -2.32. The van der Waals surface area contributed by atoms with Crippen LogP contribution in [0.4, 0.5) is 0 Å². The fraction of sp³-hybridized carbons (Fsp3) is 0.591. The first kappa shape index (κ1) is 20.5. The van der Waals surface area contributed by atoms with E-state index in [0.29, 0.717) is 43.2 Å². The van der Waals surface area contributed by atoms with Gasteiger partial charge < -0.3 is 10.1 Å². The molecule has 1 aliphatic heterocycles. The van der Waals surface area contributed by atoms with E-state index >= 15 is 0 Å². The largest absolute Gasteiger partial charge is 0.378 e. The number of hydrogen-bond donors (Lipinski definition) is 1. The van der Waals surface area contributed by atoms with Crippen molar-refractivity contribution >= 4 is 17.7 Å². The Morgan fingerprint density at radius 3 is 2.64 bits per heavy atom. The molecule has 1 aromatic rings. The Morgan fingerprint density at radius 2 is 1.86 bits per heavy atom. The van der Waals surface area contributed by atoms with Gasteiger partial charge in [0.2, 0.25) is 5.91 Å². The number of imide groups is 1. The molecule has 6 heteroatoms. The summed E-state index contributed by atoms with van der Waals surface area (Å²) < 4.78 is 5.84. The number of aryl methyl sites for hydroxylation is 1. The molecule has 0 saturated heterocycles. The van der Waals surface area contributed by atoms with Crippen molar-refractivity contribution in [1.29, 1.82) is 0 Å². The first-order chi connectivity index (χ1) is 13.6. The second kappa shape index (κ2) is 9.82. The maximum Gasteiger partial charge on any atom is 0.261 e. The molecular weight excluding hydrogens is 356 g/mol. The van der Waals surface area contributed by atoms with Crippen molar-refractivity contribution in [3.8, 4) is 0 Å². The maximum atomic E-state index is 12.4. The highest BCUT2D eigenvalue weighted by molar-refractivity contribution is 6.21. The minimum Gasteiger partial charge on any atom is -0.378 e. The van der Waals surface area contributed by atoms with E-state index in [1.807, 2.05) is 13.0 Å². The number of carbonyl (C=O) groups is 3. The normalized spacial score (nSPS) is 17.1. The highest BCUT2D eigenvalue weighted by atomic mass is 16.5. The third-order valence-corrected chi connectivity index (χ3v) is 5.46. The SMILES string of the molecule is Cc1ccc2c(c1)C(=O)N(CCCC(=O)NCCCOC1CCCCC1)C2=O. The van der Waals surface area contributed by atoms with E-state index in [1.54, 1.807) is 12.1 Å². The molecule has 1 heterocycles. The zero-order chi connectivity index (χ0) is 19.9. The summed E-state index contributed by atoms with van der Waals surface area (Å²) in [6.45, 7) is 3.44. The first-order valence-electron chi connectivity index (χ1n) is 10.4. The van der Waals surface area contributed by atoms with Crippen LogP contribution in [-0.4, -0.2) is 48.4 Å². The van der Waals surface area contributed by atoms with Gasteiger partial charge in [0.15, 0.2) is 0 Å². The number of nitrogens with zero attached hydrogens (tertiary/aromatic N) is 1. The van der Waals surface area contributed by atoms with Crippen molar-refractivity contribution in [2.45, 2.75) is 64.4 Å². The Balaban J connectivity index is 1.30. The molecule has 1 aromatic carbocycles. The predicted molar refractivity (Wildman–Crippen MR) is 106 cm³/mol. The van der Waals surface area contributed by atoms with Crippen LogP contribution in [0.1, 0.15) is 77.6 Å². The zero-order valence-electron chi connectivity index (χ0n) is 16.7. The molecular formula is C22H30N2O4. The van der Waals surface area contributed by atoms with E-state index in [-0.39, 0.29) is 24.3 Å². The Hall–Kier alpha value is -2.21. The van der Waals surface area contributed by atoms with E-state index in [2.05, 4.69) is 5.32 Å². The van der Waals surface area contributed by atoms with Gasteiger partial charge >= 0.3 is 0 Å². The van der Waals surface area contributed by atoms with Crippen molar-refractivity contribution in [1.82, 2.24) is 10.2 Å². The Labute approximate surface area is 166 Å². The van der Waals surface area contributed by atoms with Gasteiger partial charge in [-0.2, -0.15) is 0 Å². The number of amides is 3. The third kappa shape index (κ3) is 5.19. The fourth-order valence-corrected chi connectivity index (χ4v) is 3.88. The van der Waals surface area contributed by atoms with E-state index in [0.717, 1.165) is 24.8 Å². The van der Waals surface area contributed by atoms with Gasteiger partial charge in [-0.25, -0.2) is 0 Å². The standard InChI is InChI=1S/C22H30N2O4/c1-16-10-11-18-19(15-16)22(27)24(21(18)26)13-5-9-20(25)23-12-6-14-28-17-7-3-2-4-8-17/h10-11,15,17H,2-9,12-14H2,1H3,(H,23,25). The number of nitrogens with one attached hydrogen (secondary N) is 1. The fourth-order valence-electron chi connectivity index (χ4n) is 3.88. The van der Waals surface area contributed by atoms with Gasteiger partial charge in [-0.05, 0) is 44.7 Å². The van der Waals surface area contributed by atoms with Gasteiger partial charge in [0.05, 0.1) is 17.2 Å². The van der Waals surface area contributed by atoms with Crippen LogP contribution in [0.25, 0.3) is 0 Å². The van der Waals surface area contributed by atoms with Gasteiger partial charge in [-0.15, -0.1) is 0 Å². The average molecular weight is 386 g/mol. The molecule has 0 spiro atoms. The van der Waals surface area contributed by atoms with Gasteiger partial charge in [0.25, 0.3) is 11.8 Å². The van der Waals surface area contributed by atoms with Crippen LogP contribution >= 0.6 is 0 Å². The van der Waals surface area contributed by atoms with Crippen molar-refractivity contribution in [3.63, 3.8) is 0 Å². The summed E-state index contributed by atoms with van der Waals surface area (Å²) in [5.41, 5.74) is 1.87. The van der Waals surface area contributed by atoms with Gasteiger partial charge in [0.1, 0.15) is 0 Å². The van der Waals surface area contributed by atoms with Crippen molar-refractivity contribution in [2.75, 3.05) is 19.7 Å². The van der Waals surface area contributed by atoms with Crippen molar-refractivity contribution in [3.05, 3.63) is 34.9 Å². The second-order valence-electron chi connectivity index (χ2n) is 7.75. The molecule has 152 valence electrons. The summed E-state index contributed by atoms with van der Waals surface area (Å²) in [5, 5.41) is 2.89. The number of ether oxygens (including phenoxy) is 1. The van der Waals surface area contributed by atoms with E-state index < -0.39 is 0 Å². The minimum absolute atomic E-state index is 0.0508. The molecule has 1 aliphatic carbocycles. The van der Waals surface area contributed by atoms with Crippen LogP contribution in [0.5, 0.6) is 0 Å². The molecule has 1 N–H and O–H groups in total. The van der Waals surface area contributed by atoms with Crippen LogP contribution in [0.15, 0.2) is 18.2 Å². The van der Waals surface area contributed by atoms with Gasteiger partial charge in [-0.1, -0.05) is 30.9 Å². The molecule has 0 bridgehead atoms. The molecule has 0 aromatic heterocycles. The summed E-state index contributed by atoms with van der Waals surface area (Å²) in [6, 6.07) is 5.28. The molecule has 3 rings (SSSR count). The van der Waals surface area contributed by atoms with Crippen LogP contribution in [0.3, 0.4) is 0 Å². The smallest absolute Gasteiger partial charge is 0.261 e. The lowest BCUT2D eigenvalue weighted by Gasteiger charge is -2.21. The number of fused-ring (bicyclic) bond motifs is 1. The summed E-state index contributed by atoms with van der Waals surface area (Å²) in [7, 11) is 0. The average Bonchev–Trinajstić information content (AvgIpc) is 2.93. The molecule has 1 fully saturated rings. The van der Waals surface area contributed by atoms with Crippen LogP contribution < -0.4 is 5.32 Å². The van der Waals surface area contributed by atoms with Crippen molar-refractivity contribution < 1.29 is 19.1 Å². The van der Waals surface area contributed by atoms with E-state index in [4.69, 9.17) is 4.74 Å². The lowest BCUT2D eigenvalue weighted by molar-refractivity contribution is -0.121. The van der Waals surface area contributed by atoms with Crippen LogP contribution in [-0.2, 0) is 9.53 Å². The van der Waals surface area contributed by atoms with Crippen LogP contribution in [0, 0.1) is 6.92 Å². The quantitative estimate of drug-likeness (QED) is 0.522. The first-order valence-corrected chi connectivity index (χ1v) is 10.4. The molecule has 0 unspecified atom stereocenters. The zero-order valence-corrected chi connectivity index (χ0v) is 16.7. The third-order valence-electron chi connectivity index (χ3n) is 5.46.